The van der Waals surface area contributed by atoms with E-state index in [1.54, 1.807) is 24.3 Å². The molecule has 2 aliphatic carbocycles. The van der Waals surface area contributed by atoms with Crippen molar-refractivity contribution in [2.45, 2.75) is 63.4 Å². The van der Waals surface area contributed by atoms with Gasteiger partial charge in [-0.05, 0) is 97.7 Å². The number of allylic oxidation sites excluding steroid dienone is 1. The van der Waals surface area contributed by atoms with Gasteiger partial charge in [-0.2, -0.15) is 0 Å². The molecule has 1 saturated carbocycles. The molecule has 214 valence electrons. The van der Waals surface area contributed by atoms with Crippen molar-refractivity contribution in [1.29, 1.82) is 0 Å². The molecular weight excluding hydrogens is 548 g/mol. The summed E-state index contributed by atoms with van der Waals surface area (Å²) in [5.41, 5.74) is 3.07. The second kappa shape index (κ2) is 10.4. The molecule has 40 heavy (non-hydrogen) atoms. The Hall–Kier alpha value is -2.55. The fourth-order valence-corrected chi connectivity index (χ4v) is 8.29. The van der Waals surface area contributed by atoms with Gasteiger partial charge in [0, 0.05) is 29.1 Å². The van der Waals surface area contributed by atoms with Gasteiger partial charge in [-0.3, -0.25) is 4.79 Å². The van der Waals surface area contributed by atoms with Crippen LogP contribution in [0, 0.1) is 11.3 Å². The van der Waals surface area contributed by atoms with Gasteiger partial charge in [0.1, 0.15) is 5.75 Å². The number of hydrogen-bond acceptors (Lipinski definition) is 6. The van der Waals surface area contributed by atoms with E-state index >= 15 is 0 Å². The molecule has 2 aromatic rings. The summed E-state index contributed by atoms with van der Waals surface area (Å²) >= 11 is 6.38. The van der Waals surface area contributed by atoms with Gasteiger partial charge in [0.15, 0.2) is 0 Å². The Morgan fingerprint density at radius 2 is 2.00 bits per heavy atom. The molecule has 0 radical (unpaired) electrons. The molecule has 2 aromatic carbocycles. The molecule has 9 heteroatoms. The number of aliphatic hydroxyl groups is 1. The third-order valence-electron chi connectivity index (χ3n) is 9.79. The fraction of sp³-hybridized carbons (Fsp3) is 0.516. The molecule has 2 aliphatic heterocycles. The van der Waals surface area contributed by atoms with Crippen LogP contribution in [0.4, 0.5) is 5.69 Å². The van der Waals surface area contributed by atoms with E-state index in [1.807, 2.05) is 12.1 Å². The first-order chi connectivity index (χ1) is 19.1. The zero-order chi connectivity index (χ0) is 28.1. The smallest absolute Gasteiger partial charge is 0.264 e. The van der Waals surface area contributed by atoms with Gasteiger partial charge < -0.3 is 14.7 Å². The number of nitrogens with zero attached hydrogens (tertiary/aromatic N) is 1. The Morgan fingerprint density at radius 1 is 1.15 bits per heavy atom. The van der Waals surface area contributed by atoms with E-state index in [9.17, 15) is 18.3 Å². The number of aryl methyl sites for hydroxylation is 1. The number of fused-ring (bicyclic) bond motifs is 4. The van der Waals surface area contributed by atoms with E-state index in [-0.39, 0.29) is 34.5 Å². The number of amides is 1. The van der Waals surface area contributed by atoms with Crippen LogP contribution in [-0.2, 0) is 21.9 Å². The van der Waals surface area contributed by atoms with Gasteiger partial charge in [0.25, 0.3) is 5.91 Å². The molecule has 0 aromatic heterocycles. The number of aliphatic hydroxyl groups excluding tert-OH is 1. The number of anilines is 1. The minimum Gasteiger partial charge on any atom is -0.490 e. The second-order valence-electron chi connectivity index (χ2n) is 12.3. The molecule has 6 rings (SSSR count). The molecule has 2 heterocycles. The number of carbonyl (C=O) groups excluding carboxylic acids is 1. The van der Waals surface area contributed by atoms with Crippen molar-refractivity contribution in [3.05, 3.63) is 70.3 Å². The Kier molecular flexibility index (Phi) is 7.16. The molecule has 4 aliphatic rings. The van der Waals surface area contributed by atoms with Crippen molar-refractivity contribution < 1.29 is 23.1 Å². The Morgan fingerprint density at radius 3 is 2.80 bits per heavy atom. The number of benzene rings is 2. The summed E-state index contributed by atoms with van der Waals surface area (Å²) in [6.07, 6.45) is 8.80. The van der Waals surface area contributed by atoms with E-state index in [1.165, 1.54) is 11.1 Å². The molecule has 2 bridgehead atoms. The van der Waals surface area contributed by atoms with Crippen molar-refractivity contribution in [1.82, 2.24) is 4.72 Å². The first kappa shape index (κ1) is 27.6. The number of hydrogen-bond donors (Lipinski definition) is 2. The van der Waals surface area contributed by atoms with Gasteiger partial charge in [-0.1, -0.05) is 36.7 Å². The lowest BCUT2D eigenvalue weighted by atomic mass is 9.57. The second-order valence-corrected chi connectivity index (χ2v) is 14.6. The highest BCUT2D eigenvalue weighted by Crippen LogP contribution is 2.52. The average Bonchev–Trinajstić information content (AvgIpc) is 3.06. The van der Waals surface area contributed by atoms with E-state index in [0.29, 0.717) is 31.9 Å². The molecule has 2 N–H and O–H groups in total. The molecule has 1 amide bonds. The zero-order valence-electron chi connectivity index (χ0n) is 22.9. The standard InChI is InChI=1S/C31H37ClN2O5S/c1-30-14-12-23(30)18-34-19-31(13-5-6-21-16-24(32)9-10-25(21)31)20-39-27-11-8-22(17-26(27)34)29(36)33-40(37,38)15-4-2-3-7-28(30)35/h2-3,8-11,16-17,23,28,35H,4-7,12-15,18-20H2,1H3,(H,33,36)/b3-2-/t23-,28-,30-,31+/m1/s1. The van der Waals surface area contributed by atoms with Gasteiger partial charge in [0.2, 0.25) is 10.0 Å². The SMILES string of the molecule is C[C@@]12CC[C@@H]1CN1C[C@@]3(CCCc4cc(Cl)ccc43)COc3ccc(cc31)C(=O)NS(=O)(=O)CC/C=C\C[C@H]2O. The molecule has 1 fully saturated rings. The van der Waals surface area contributed by atoms with Crippen LogP contribution in [0.15, 0.2) is 48.6 Å². The fourth-order valence-electron chi connectivity index (χ4n) is 7.15. The highest BCUT2D eigenvalue weighted by molar-refractivity contribution is 7.90. The third-order valence-corrected chi connectivity index (χ3v) is 11.3. The summed E-state index contributed by atoms with van der Waals surface area (Å²) in [7, 11) is -3.81. The number of halogens is 1. The highest BCUT2D eigenvalue weighted by atomic mass is 35.5. The Bertz CT molecular complexity index is 1460. The van der Waals surface area contributed by atoms with Gasteiger partial charge in [-0.15, -0.1) is 0 Å². The maximum absolute atomic E-state index is 13.1. The van der Waals surface area contributed by atoms with E-state index in [4.69, 9.17) is 16.3 Å². The summed E-state index contributed by atoms with van der Waals surface area (Å²) < 4.78 is 34.0. The van der Waals surface area contributed by atoms with Crippen LogP contribution in [0.25, 0.3) is 0 Å². The first-order valence-corrected chi connectivity index (χ1v) is 16.3. The molecule has 7 nitrogen and oxygen atoms in total. The molecular formula is C31H37ClN2O5S. The van der Waals surface area contributed by atoms with Crippen molar-refractivity contribution in [2.75, 3.05) is 30.3 Å². The predicted molar refractivity (Wildman–Crippen MR) is 157 cm³/mol. The zero-order valence-corrected chi connectivity index (χ0v) is 24.4. The molecule has 0 saturated heterocycles. The van der Waals surface area contributed by atoms with Crippen LogP contribution in [0.3, 0.4) is 0 Å². The van der Waals surface area contributed by atoms with Gasteiger partial charge in [0.05, 0.1) is 24.2 Å². The third kappa shape index (κ3) is 5.03. The van der Waals surface area contributed by atoms with Crippen LogP contribution in [0.5, 0.6) is 5.75 Å². The minimum atomic E-state index is -3.81. The number of rotatable bonds is 0. The topological polar surface area (TPSA) is 95.9 Å². The van der Waals surface area contributed by atoms with E-state index < -0.39 is 22.0 Å². The monoisotopic (exact) mass is 584 g/mol. The first-order valence-electron chi connectivity index (χ1n) is 14.3. The quantitative estimate of drug-likeness (QED) is 0.423. The van der Waals surface area contributed by atoms with Gasteiger partial charge in [-0.25, -0.2) is 13.1 Å². The lowest BCUT2D eigenvalue weighted by molar-refractivity contribution is -0.0695. The van der Waals surface area contributed by atoms with Crippen LogP contribution in [0.1, 0.15) is 66.9 Å². The van der Waals surface area contributed by atoms with Crippen LogP contribution >= 0.6 is 11.6 Å². The normalized spacial score (nSPS) is 32.5. The number of nitrogens with one attached hydrogen (secondary N) is 1. The molecule has 0 unspecified atom stereocenters. The summed E-state index contributed by atoms with van der Waals surface area (Å²) in [4.78, 5) is 15.4. The van der Waals surface area contributed by atoms with Crippen LogP contribution in [-0.4, -0.2) is 51.0 Å². The predicted octanol–water partition coefficient (Wildman–Crippen LogP) is 5.00. The average molecular weight is 585 g/mol. The summed E-state index contributed by atoms with van der Waals surface area (Å²) in [6.45, 7) is 4.07. The maximum atomic E-state index is 13.1. The van der Waals surface area contributed by atoms with Gasteiger partial charge >= 0.3 is 0 Å². The molecule has 4 atom stereocenters. The highest BCUT2D eigenvalue weighted by Gasteiger charge is 2.49. The van der Waals surface area contributed by atoms with Crippen molar-refractivity contribution in [3.8, 4) is 5.75 Å². The lowest BCUT2D eigenvalue weighted by Gasteiger charge is -2.52. The van der Waals surface area contributed by atoms with Crippen molar-refractivity contribution in [3.63, 3.8) is 0 Å². The lowest BCUT2D eigenvalue weighted by Crippen LogP contribution is -2.53. The van der Waals surface area contributed by atoms with Crippen molar-refractivity contribution >= 4 is 33.2 Å². The summed E-state index contributed by atoms with van der Waals surface area (Å²) in [6, 6.07) is 11.3. The van der Waals surface area contributed by atoms with E-state index in [0.717, 1.165) is 42.8 Å². The number of sulfonamides is 1. The maximum Gasteiger partial charge on any atom is 0.264 e. The van der Waals surface area contributed by atoms with Crippen molar-refractivity contribution in [2.24, 2.45) is 11.3 Å². The number of ether oxygens (including phenoxy) is 1. The van der Waals surface area contributed by atoms with Crippen LogP contribution < -0.4 is 14.4 Å². The van der Waals surface area contributed by atoms with E-state index in [2.05, 4.69) is 28.7 Å². The summed E-state index contributed by atoms with van der Waals surface area (Å²) in [5.74, 6) is 0.109. The Balaban J connectivity index is 1.43. The summed E-state index contributed by atoms with van der Waals surface area (Å²) in [5, 5.41) is 12.0. The molecule has 1 spiro atoms. The Labute approximate surface area is 241 Å². The van der Waals surface area contributed by atoms with Crippen LogP contribution in [0.2, 0.25) is 5.02 Å². The largest absolute Gasteiger partial charge is 0.490 e. The number of carbonyl (C=O) groups is 1. The minimum absolute atomic E-state index is 0.197.